The molecule has 1 rings (SSSR count). The maximum absolute atomic E-state index is 10.3. The Morgan fingerprint density at radius 3 is 2.67 bits per heavy atom. The van der Waals surface area contributed by atoms with Gasteiger partial charge in [-0.3, -0.25) is 0 Å². The van der Waals surface area contributed by atoms with E-state index in [0.29, 0.717) is 6.54 Å². The van der Waals surface area contributed by atoms with Crippen molar-refractivity contribution in [1.82, 2.24) is 19.7 Å². The molecule has 0 aliphatic heterocycles. The van der Waals surface area contributed by atoms with E-state index < -0.39 is 4.92 Å². The van der Waals surface area contributed by atoms with Crippen molar-refractivity contribution < 1.29 is 4.92 Å². The van der Waals surface area contributed by atoms with Gasteiger partial charge in [0.2, 0.25) is 6.33 Å². The molecule has 0 N–H and O–H groups in total. The van der Waals surface area contributed by atoms with Gasteiger partial charge >= 0.3 is 5.95 Å². The Labute approximate surface area is 87.9 Å². The second-order valence-corrected chi connectivity index (χ2v) is 3.09. The topological polar surface area (TPSA) is 77.1 Å². The van der Waals surface area contributed by atoms with Crippen LogP contribution in [0.3, 0.4) is 0 Å². The Hall–Kier alpha value is -1.50. The molecule has 1 aromatic heterocycles. The van der Waals surface area contributed by atoms with Crippen molar-refractivity contribution in [2.45, 2.75) is 20.4 Å². The first-order valence-corrected chi connectivity index (χ1v) is 4.93. The van der Waals surface area contributed by atoms with Gasteiger partial charge in [0, 0.05) is 11.6 Å². The van der Waals surface area contributed by atoms with Crippen molar-refractivity contribution in [3.8, 4) is 0 Å². The molecule has 0 aliphatic carbocycles. The Bertz CT molecular complexity index is 321. The largest absolute Gasteiger partial charge is 0.490 e. The molecular weight excluding hydrogens is 198 g/mol. The minimum absolute atomic E-state index is 0.338. The molecule has 1 aromatic rings. The molecular formula is C8H15N5O2. The van der Waals surface area contributed by atoms with Gasteiger partial charge in [0.1, 0.15) is 0 Å². The summed E-state index contributed by atoms with van der Waals surface area (Å²) in [5.41, 5.74) is 0. The van der Waals surface area contributed by atoms with Crippen LogP contribution in [0.1, 0.15) is 13.8 Å². The zero-order chi connectivity index (χ0) is 11.3. The summed E-state index contributed by atoms with van der Waals surface area (Å²) in [6.45, 7) is 7.54. The van der Waals surface area contributed by atoms with Gasteiger partial charge in [-0.15, -0.1) is 0 Å². The van der Waals surface area contributed by atoms with E-state index in [0.717, 1.165) is 19.6 Å². The first-order chi connectivity index (χ1) is 7.17. The van der Waals surface area contributed by atoms with Gasteiger partial charge in [-0.2, -0.15) is 4.68 Å². The number of aromatic nitrogens is 3. The summed E-state index contributed by atoms with van der Waals surface area (Å²) in [4.78, 5) is 15.5. The van der Waals surface area contributed by atoms with Gasteiger partial charge in [0.25, 0.3) is 0 Å². The Balaban J connectivity index is 2.47. The summed E-state index contributed by atoms with van der Waals surface area (Å²) in [6, 6.07) is 0. The average molecular weight is 213 g/mol. The third kappa shape index (κ3) is 3.28. The molecule has 0 radical (unpaired) electrons. The molecule has 7 nitrogen and oxygen atoms in total. The van der Waals surface area contributed by atoms with Crippen LogP contribution in [-0.2, 0) is 6.54 Å². The molecule has 0 aromatic carbocycles. The molecule has 0 unspecified atom stereocenters. The summed E-state index contributed by atoms with van der Waals surface area (Å²) in [5, 5.41) is 14.1. The Morgan fingerprint density at radius 2 is 2.20 bits per heavy atom. The van der Waals surface area contributed by atoms with Gasteiger partial charge in [0.05, 0.1) is 6.54 Å². The third-order valence-electron chi connectivity index (χ3n) is 2.23. The lowest BCUT2D eigenvalue weighted by molar-refractivity contribution is -0.394. The standard InChI is InChI=1S/C8H15N5O2/c1-3-11(4-2)5-6-12-7-9-8(10-12)13(14)15/h7H,3-6H2,1-2H3. The van der Waals surface area contributed by atoms with Crippen LogP contribution in [0.5, 0.6) is 0 Å². The van der Waals surface area contributed by atoms with Crippen LogP contribution in [0.25, 0.3) is 0 Å². The van der Waals surface area contributed by atoms with Crippen LogP contribution in [0, 0.1) is 10.1 Å². The third-order valence-corrected chi connectivity index (χ3v) is 2.23. The predicted octanol–water partition coefficient (Wildman–Crippen LogP) is 0.528. The van der Waals surface area contributed by atoms with Crippen LogP contribution in [0.15, 0.2) is 6.33 Å². The average Bonchev–Trinajstić information content (AvgIpc) is 2.68. The number of rotatable bonds is 6. The molecule has 0 saturated carbocycles. The molecule has 0 spiro atoms. The van der Waals surface area contributed by atoms with E-state index in [1.165, 1.54) is 11.0 Å². The van der Waals surface area contributed by atoms with E-state index in [-0.39, 0.29) is 5.95 Å². The fourth-order valence-corrected chi connectivity index (χ4v) is 1.26. The van der Waals surface area contributed by atoms with E-state index in [2.05, 4.69) is 28.8 Å². The van der Waals surface area contributed by atoms with Crippen molar-refractivity contribution >= 4 is 5.95 Å². The lowest BCUT2D eigenvalue weighted by Crippen LogP contribution is -2.27. The number of hydrogen-bond donors (Lipinski definition) is 0. The van der Waals surface area contributed by atoms with Gasteiger partial charge in [-0.1, -0.05) is 18.8 Å². The van der Waals surface area contributed by atoms with Crippen molar-refractivity contribution in [3.05, 3.63) is 16.4 Å². The summed E-state index contributed by atoms with van der Waals surface area (Å²) in [7, 11) is 0. The van der Waals surface area contributed by atoms with Gasteiger partial charge in [0.15, 0.2) is 0 Å². The SMILES string of the molecule is CCN(CC)CCn1cnc([N+](=O)[O-])n1. The van der Waals surface area contributed by atoms with E-state index in [1.807, 2.05) is 0 Å². The molecule has 84 valence electrons. The Morgan fingerprint density at radius 1 is 1.53 bits per heavy atom. The van der Waals surface area contributed by atoms with Gasteiger partial charge < -0.3 is 15.0 Å². The van der Waals surface area contributed by atoms with Crippen LogP contribution < -0.4 is 0 Å². The molecule has 0 atom stereocenters. The number of hydrogen-bond acceptors (Lipinski definition) is 5. The first kappa shape index (κ1) is 11.6. The molecule has 0 amide bonds. The van der Waals surface area contributed by atoms with Crippen LogP contribution in [-0.4, -0.2) is 44.2 Å². The lowest BCUT2D eigenvalue weighted by Gasteiger charge is -2.16. The zero-order valence-electron chi connectivity index (χ0n) is 8.96. The van der Waals surface area contributed by atoms with E-state index in [4.69, 9.17) is 0 Å². The van der Waals surface area contributed by atoms with Gasteiger partial charge in [-0.25, -0.2) is 0 Å². The van der Waals surface area contributed by atoms with Crippen LogP contribution in [0.4, 0.5) is 5.95 Å². The highest BCUT2D eigenvalue weighted by atomic mass is 16.6. The summed E-state index contributed by atoms with van der Waals surface area (Å²) in [5.74, 6) is -0.338. The molecule has 1 heterocycles. The van der Waals surface area contributed by atoms with Crippen molar-refractivity contribution in [2.24, 2.45) is 0 Å². The number of likely N-dealkylation sites (N-methyl/N-ethyl adjacent to an activating group) is 1. The summed E-state index contributed by atoms with van der Waals surface area (Å²) in [6.07, 6.45) is 1.39. The lowest BCUT2D eigenvalue weighted by atomic mass is 10.5. The summed E-state index contributed by atoms with van der Waals surface area (Å²) >= 11 is 0. The molecule has 15 heavy (non-hydrogen) atoms. The van der Waals surface area contributed by atoms with Crippen LogP contribution >= 0.6 is 0 Å². The Kier molecular flexibility index (Phi) is 4.17. The predicted molar refractivity (Wildman–Crippen MR) is 54.5 cm³/mol. The minimum Gasteiger partial charge on any atom is -0.390 e. The number of nitrogens with zero attached hydrogens (tertiary/aromatic N) is 5. The second kappa shape index (κ2) is 5.40. The van der Waals surface area contributed by atoms with Crippen molar-refractivity contribution in [2.75, 3.05) is 19.6 Å². The minimum atomic E-state index is -0.589. The quantitative estimate of drug-likeness (QED) is 0.508. The highest BCUT2D eigenvalue weighted by Crippen LogP contribution is 1.99. The maximum Gasteiger partial charge on any atom is 0.490 e. The van der Waals surface area contributed by atoms with Crippen molar-refractivity contribution in [1.29, 1.82) is 0 Å². The molecule has 0 fully saturated rings. The smallest absolute Gasteiger partial charge is 0.390 e. The zero-order valence-corrected chi connectivity index (χ0v) is 8.96. The maximum atomic E-state index is 10.3. The molecule has 0 bridgehead atoms. The molecule has 0 aliphatic rings. The van der Waals surface area contributed by atoms with Crippen LogP contribution in [0.2, 0.25) is 0 Å². The van der Waals surface area contributed by atoms with Crippen molar-refractivity contribution in [3.63, 3.8) is 0 Å². The first-order valence-electron chi connectivity index (χ1n) is 4.93. The fourth-order valence-electron chi connectivity index (χ4n) is 1.26. The second-order valence-electron chi connectivity index (χ2n) is 3.09. The molecule has 0 saturated heterocycles. The van der Waals surface area contributed by atoms with Gasteiger partial charge in [-0.05, 0) is 18.0 Å². The highest BCUT2D eigenvalue weighted by Gasteiger charge is 2.12. The fraction of sp³-hybridized carbons (Fsp3) is 0.750. The van der Waals surface area contributed by atoms with E-state index >= 15 is 0 Å². The summed E-state index contributed by atoms with van der Waals surface area (Å²) < 4.78 is 1.50. The van der Waals surface area contributed by atoms with E-state index in [9.17, 15) is 10.1 Å². The normalized spacial score (nSPS) is 10.9. The number of nitro groups is 1. The van der Waals surface area contributed by atoms with E-state index in [1.54, 1.807) is 0 Å². The molecule has 7 heteroatoms. The monoisotopic (exact) mass is 213 g/mol. The highest BCUT2D eigenvalue weighted by molar-refractivity contribution is 4.96.